The van der Waals surface area contributed by atoms with Crippen LogP contribution in [-0.4, -0.2) is 53.3 Å². The van der Waals surface area contributed by atoms with Crippen molar-refractivity contribution in [2.24, 2.45) is 0 Å². The standard InChI is InChI=1S/C14H20O6/c1-9(15)20-8-13(17)14(18)12(16)7-10-3-5-11(19-2)6-4-10/h3-6,12-14,16-18H,7-8H2,1-2H3/t12-,13-,14-/m1/s1. The first-order valence-corrected chi connectivity index (χ1v) is 6.24. The number of benzene rings is 1. The predicted octanol–water partition coefficient (Wildman–Crippen LogP) is -0.117. The van der Waals surface area contributed by atoms with Crippen LogP contribution in [0.5, 0.6) is 5.75 Å². The number of methoxy groups -OCH3 is 1. The van der Waals surface area contributed by atoms with Crippen LogP contribution in [0.2, 0.25) is 0 Å². The van der Waals surface area contributed by atoms with E-state index in [2.05, 4.69) is 4.74 Å². The van der Waals surface area contributed by atoms with E-state index in [0.717, 1.165) is 5.56 Å². The predicted molar refractivity (Wildman–Crippen MR) is 71.4 cm³/mol. The summed E-state index contributed by atoms with van der Waals surface area (Å²) < 4.78 is 9.59. The van der Waals surface area contributed by atoms with E-state index in [4.69, 9.17) is 4.74 Å². The Balaban J connectivity index is 2.51. The van der Waals surface area contributed by atoms with Gasteiger partial charge in [-0.1, -0.05) is 12.1 Å². The summed E-state index contributed by atoms with van der Waals surface area (Å²) in [6.45, 7) is 0.850. The highest BCUT2D eigenvalue weighted by Gasteiger charge is 2.25. The Bertz CT molecular complexity index is 416. The number of aliphatic hydroxyl groups is 3. The average Bonchev–Trinajstić information content (AvgIpc) is 2.44. The van der Waals surface area contributed by atoms with Gasteiger partial charge in [0.1, 0.15) is 24.6 Å². The second-order valence-corrected chi connectivity index (χ2v) is 4.48. The van der Waals surface area contributed by atoms with Gasteiger partial charge in [0.05, 0.1) is 13.2 Å². The first kappa shape index (κ1) is 16.4. The van der Waals surface area contributed by atoms with Crippen LogP contribution in [-0.2, 0) is 16.0 Å². The van der Waals surface area contributed by atoms with E-state index in [0.29, 0.717) is 5.75 Å². The van der Waals surface area contributed by atoms with Crippen molar-refractivity contribution < 1.29 is 29.6 Å². The zero-order valence-corrected chi connectivity index (χ0v) is 11.5. The van der Waals surface area contributed by atoms with Gasteiger partial charge in [-0.05, 0) is 17.7 Å². The molecule has 0 bridgehead atoms. The van der Waals surface area contributed by atoms with Gasteiger partial charge in [0.25, 0.3) is 0 Å². The Morgan fingerprint density at radius 3 is 2.25 bits per heavy atom. The molecular weight excluding hydrogens is 264 g/mol. The fraction of sp³-hybridized carbons (Fsp3) is 0.500. The van der Waals surface area contributed by atoms with Gasteiger partial charge in [0.15, 0.2) is 0 Å². The lowest BCUT2D eigenvalue weighted by molar-refractivity contribution is -0.149. The lowest BCUT2D eigenvalue weighted by Gasteiger charge is -2.22. The molecule has 6 heteroatoms. The van der Waals surface area contributed by atoms with E-state index >= 15 is 0 Å². The fourth-order valence-corrected chi connectivity index (χ4v) is 1.68. The van der Waals surface area contributed by atoms with Crippen LogP contribution in [0.3, 0.4) is 0 Å². The molecule has 6 nitrogen and oxygen atoms in total. The number of hydrogen-bond acceptors (Lipinski definition) is 6. The molecule has 0 heterocycles. The van der Waals surface area contributed by atoms with Crippen molar-refractivity contribution in [3.8, 4) is 5.75 Å². The van der Waals surface area contributed by atoms with Crippen LogP contribution in [0.1, 0.15) is 12.5 Å². The molecule has 1 aromatic rings. The van der Waals surface area contributed by atoms with Gasteiger partial charge in [0, 0.05) is 13.3 Å². The molecule has 1 aromatic carbocycles. The Morgan fingerprint density at radius 2 is 1.75 bits per heavy atom. The Kier molecular flexibility index (Phi) is 6.44. The Labute approximate surface area is 117 Å². The molecule has 112 valence electrons. The van der Waals surface area contributed by atoms with E-state index in [1.807, 2.05) is 0 Å². The van der Waals surface area contributed by atoms with Crippen molar-refractivity contribution in [1.29, 1.82) is 0 Å². The molecule has 0 spiro atoms. The third kappa shape index (κ3) is 5.16. The Hall–Kier alpha value is -1.63. The summed E-state index contributed by atoms with van der Waals surface area (Å²) in [5.41, 5.74) is 0.789. The average molecular weight is 284 g/mol. The molecule has 0 saturated carbocycles. The van der Waals surface area contributed by atoms with E-state index in [1.54, 1.807) is 31.4 Å². The molecule has 3 atom stereocenters. The quantitative estimate of drug-likeness (QED) is 0.604. The van der Waals surface area contributed by atoms with Gasteiger partial charge in [-0.3, -0.25) is 4.79 Å². The summed E-state index contributed by atoms with van der Waals surface area (Å²) in [5.74, 6) is 0.138. The van der Waals surface area contributed by atoms with Crippen LogP contribution in [0.15, 0.2) is 24.3 Å². The van der Waals surface area contributed by atoms with Crippen molar-refractivity contribution in [1.82, 2.24) is 0 Å². The number of ether oxygens (including phenoxy) is 2. The van der Waals surface area contributed by atoms with Crippen molar-refractivity contribution in [3.63, 3.8) is 0 Å². The minimum Gasteiger partial charge on any atom is -0.497 e. The molecule has 0 aliphatic heterocycles. The molecule has 0 aromatic heterocycles. The zero-order valence-electron chi connectivity index (χ0n) is 11.5. The molecule has 0 radical (unpaired) electrons. The second-order valence-electron chi connectivity index (χ2n) is 4.48. The van der Waals surface area contributed by atoms with Gasteiger partial charge in [-0.2, -0.15) is 0 Å². The van der Waals surface area contributed by atoms with Crippen LogP contribution >= 0.6 is 0 Å². The molecule has 20 heavy (non-hydrogen) atoms. The zero-order chi connectivity index (χ0) is 15.1. The maximum Gasteiger partial charge on any atom is 0.302 e. The van der Waals surface area contributed by atoms with Gasteiger partial charge in [-0.25, -0.2) is 0 Å². The number of hydrogen-bond donors (Lipinski definition) is 3. The number of carbonyl (C=O) groups is 1. The van der Waals surface area contributed by atoms with Gasteiger partial charge < -0.3 is 24.8 Å². The highest BCUT2D eigenvalue weighted by Crippen LogP contribution is 2.14. The lowest BCUT2D eigenvalue weighted by Crippen LogP contribution is -2.41. The third-order valence-corrected chi connectivity index (χ3v) is 2.85. The highest BCUT2D eigenvalue weighted by molar-refractivity contribution is 5.65. The van der Waals surface area contributed by atoms with Crippen LogP contribution < -0.4 is 4.74 Å². The minimum absolute atomic E-state index is 0.169. The molecular formula is C14H20O6. The van der Waals surface area contributed by atoms with Crippen molar-refractivity contribution in [2.75, 3.05) is 13.7 Å². The van der Waals surface area contributed by atoms with Crippen LogP contribution in [0.4, 0.5) is 0 Å². The summed E-state index contributed by atoms with van der Waals surface area (Å²) in [4.78, 5) is 10.6. The van der Waals surface area contributed by atoms with Crippen molar-refractivity contribution in [3.05, 3.63) is 29.8 Å². The summed E-state index contributed by atoms with van der Waals surface area (Å²) in [5, 5.41) is 29.2. The van der Waals surface area contributed by atoms with Crippen molar-refractivity contribution >= 4 is 5.97 Å². The fourth-order valence-electron chi connectivity index (χ4n) is 1.68. The number of rotatable bonds is 7. The monoisotopic (exact) mass is 284 g/mol. The smallest absolute Gasteiger partial charge is 0.302 e. The highest BCUT2D eigenvalue weighted by atomic mass is 16.5. The van der Waals surface area contributed by atoms with Gasteiger partial charge in [0.2, 0.25) is 0 Å². The Morgan fingerprint density at radius 1 is 1.15 bits per heavy atom. The second kappa shape index (κ2) is 7.84. The maximum atomic E-state index is 10.6. The maximum absolute atomic E-state index is 10.6. The molecule has 0 fully saturated rings. The third-order valence-electron chi connectivity index (χ3n) is 2.85. The lowest BCUT2D eigenvalue weighted by atomic mass is 10.0. The van der Waals surface area contributed by atoms with E-state index in [1.165, 1.54) is 6.92 Å². The molecule has 0 aliphatic carbocycles. The largest absolute Gasteiger partial charge is 0.497 e. The SMILES string of the molecule is COc1ccc(C[C@@H](O)[C@@H](O)[C@H](O)COC(C)=O)cc1. The molecule has 1 rings (SSSR count). The first-order valence-electron chi connectivity index (χ1n) is 6.24. The summed E-state index contributed by atoms with van der Waals surface area (Å²) >= 11 is 0. The topological polar surface area (TPSA) is 96.2 Å². The normalized spacial score (nSPS) is 15.2. The molecule has 0 aliphatic rings. The van der Waals surface area contributed by atoms with E-state index in [-0.39, 0.29) is 13.0 Å². The van der Waals surface area contributed by atoms with Crippen LogP contribution in [0, 0.1) is 0 Å². The molecule has 0 amide bonds. The van der Waals surface area contributed by atoms with Crippen molar-refractivity contribution in [2.45, 2.75) is 31.7 Å². The summed E-state index contributed by atoms with van der Waals surface area (Å²) in [7, 11) is 1.55. The molecule has 3 N–H and O–H groups in total. The number of carbonyl (C=O) groups excluding carboxylic acids is 1. The first-order chi connectivity index (χ1) is 9.43. The molecule has 0 saturated heterocycles. The number of esters is 1. The minimum atomic E-state index is -1.39. The summed E-state index contributed by atoms with van der Waals surface area (Å²) in [6.07, 6.45) is -3.71. The summed E-state index contributed by atoms with van der Waals surface area (Å²) in [6, 6.07) is 6.99. The van der Waals surface area contributed by atoms with Gasteiger partial charge in [-0.15, -0.1) is 0 Å². The van der Waals surface area contributed by atoms with Crippen LogP contribution in [0.25, 0.3) is 0 Å². The molecule has 0 unspecified atom stereocenters. The van der Waals surface area contributed by atoms with E-state index < -0.39 is 24.3 Å². The van der Waals surface area contributed by atoms with E-state index in [9.17, 15) is 20.1 Å². The number of aliphatic hydroxyl groups excluding tert-OH is 3. The van der Waals surface area contributed by atoms with Gasteiger partial charge >= 0.3 is 5.97 Å².